The third kappa shape index (κ3) is 5.00. The Morgan fingerprint density at radius 2 is 2.17 bits per heavy atom. The normalized spacial score (nSPS) is 12.7. The fraction of sp³-hybridized carbons (Fsp3) is 0.333. The maximum Gasteiger partial charge on any atom is 0.418 e. The summed E-state index contributed by atoms with van der Waals surface area (Å²) in [5.74, 6) is 0.766. The number of aliphatic imine (C=N–C) groups is 1. The number of rotatable bonds is 4. The maximum atomic E-state index is 13.2. The summed E-state index contributed by atoms with van der Waals surface area (Å²) in [5.41, 5.74) is -1.01. The number of nitrogens with zero attached hydrogens (tertiary/aromatic N) is 3. The highest BCUT2D eigenvalue weighted by atomic mass is 35.5. The molecular weight excluding hydrogens is 347 g/mol. The van der Waals surface area contributed by atoms with Crippen molar-refractivity contribution in [3.05, 3.63) is 47.5 Å². The third-order valence-electron chi connectivity index (χ3n) is 2.93. The van der Waals surface area contributed by atoms with Gasteiger partial charge in [0.05, 0.1) is 11.3 Å². The van der Waals surface area contributed by atoms with Crippen LogP contribution < -0.4 is 0 Å². The largest absolute Gasteiger partial charge is 0.418 e. The molecule has 1 heterocycles. The number of benzene rings is 1. The van der Waals surface area contributed by atoms with Crippen LogP contribution in [0.4, 0.5) is 18.9 Å². The molecule has 8 heteroatoms. The number of unbranched alkanes of at least 4 members (excludes halogenated alkanes) is 1. The zero-order valence-corrected chi connectivity index (χ0v) is 13.9. The molecule has 0 aliphatic heterocycles. The Labute approximate surface area is 141 Å². The molecule has 0 saturated heterocycles. The van der Waals surface area contributed by atoms with Gasteiger partial charge in [0.1, 0.15) is 6.33 Å². The van der Waals surface area contributed by atoms with Gasteiger partial charge in [0.2, 0.25) is 0 Å². The van der Waals surface area contributed by atoms with Gasteiger partial charge in [0.25, 0.3) is 0 Å². The fourth-order valence-corrected chi connectivity index (χ4v) is 2.99. The van der Waals surface area contributed by atoms with Crippen molar-refractivity contribution >= 4 is 34.2 Å². The minimum Gasteiger partial charge on any atom is -0.285 e. The summed E-state index contributed by atoms with van der Waals surface area (Å²) >= 11 is 7.09. The fourth-order valence-electron chi connectivity index (χ4n) is 1.78. The first-order valence-corrected chi connectivity index (χ1v) is 8.34. The predicted octanol–water partition coefficient (Wildman–Crippen LogP) is 5.62. The van der Waals surface area contributed by atoms with E-state index in [1.807, 2.05) is 0 Å². The van der Waals surface area contributed by atoms with Crippen molar-refractivity contribution in [1.82, 2.24) is 9.55 Å². The van der Waals surface area contributed by atoms with Crippen LogP contribution >= 0.6 is 23.4 Å². The molecule has 0 bridgehead atoms. The Morgan fingerprint density at radius 3 is 2.78 bits per heavy atom. The van der Waals surface area contributed by atoms with Crippen LogP contribution in [0.1, 0.15) is 25.3 Å². The summed E-state index contributed by atoms with van der Waals surface area (Å²) in [6, 6.07) is 3.57. The molecule has 2 aromatic rings. The van der Waals surface area contributed by atoms with Gasteiger partial charge in [-0.15, -0.1) is 0 Å². The summed E-state index contributed by atoms with van der Waals surface area (Å²) in [4.78, 5) is 8.13. The van der Waals surface area contributed by atoms with Crippen LogP contribution in [-0.4, -0.2) is 20.5 Å². The lowest BCUT2D eigenvalue weighted by molar-refractivity contribution is -0.137. The van der Waals surface area contributed by atoms with Crippen LogP contribution in [0.5, 0.6) is 0 Å². The minimum atomic E-state index is -4.52. The van der Waals surface area contributed by atoms with Crippen LogP contribution in [0.15, 0.2) is 41.9 Å². The first kappa shape index (κ1) is 17.9. The summed E-state index contributed by atoms with van der Waals surface area (Å²) in [7, 11) is 0. The van der Waals surface area contributed by atoms with Gasteiger partial charge in [0.15, 0.2) is 5.17 Å². The summed E-state index contributed by atoms with van der Waals surface area (Å²) in [6.45, 7) is 2.05. The van der Waals surface area contributed by atoms with Crippen molar-refractivity contribution in [2.75, 3.05) is 5.75 Å². The SMILES string of the molecule is CCCCS/C(=N/c1ccc(Cl)cc1C(F)(F)F)n1ccnc1. The van der Waals surface area contributed by atoms with Crippen molar-refractivity contribution in [3.8, 4) is 0 Å². The van der Waals surface area contributed by atoms with E-state index in [2.05, 4.69) is 16.9 Å². The second kappa shape index (κ2) is 7.88. The Balaban J connectivity index is 2.42. The highest BCUT2D eigenvalue weighted by Crippen LogP contribution is 2.38. The number of hydrogen-bond acceptors (Lipinski definition) is 3. The lowest BCUT2D eigenvalue weighted by Crippen LogP contribution is -2.09. The Bertz CT molecular complexity index is 669. The van der Waals surface area contributed by atoms with Gasteiger partial charge in [-0.25, -0.2) is 9.98 Å². The van der Waals surface area contributed by atoms with E-state index in [0.29, 0.717) is 5.17 Å². The predicted molar refractivity (Wildman–Crippen MR) is 88.5 cm³/mol. The van der Waals surface area contributed by atoms with E-state index in [-0.39, 0.29) is 10.7 Å². The molecule has 2 rings (SSSR count). The maximum absolute atomic E-state index is 13.2. The van der Waals surface area contributed by atoms with E-state index >= 15 is 0 Å². The van der Waals surface area contributed by atoms with Crippen LogP contribution in [0, 0.1) is 0 Å². The van der Waals surface area contributed by atoms with Gasteiger partial charge in [-0.1, -0.05) is 36.7 Å². The number of halogens is 4. The summed E-state index contributed by atoms with van der Waals surface area (Å²) in [6.07, 6.45) is 2.16. The van der Waals surface area contributed by atoms with Crippen LogP contribution in [-0.2, 0) is 6.18 Å². The second-order valence-corrected chi connectivity index (χ2v) is 6.22. The molecule has 0 saturated carbocycles. The van der Waals surface area contributed by atoms with Gasteiger partial charge < -0.3 is 0 Å². The third-order valence-corrected chi connectivity index (χ3v) is 4.22. The zero-order chi connectivity index (χ0) is 16.9. The highest BCUT2D eigenvalue weighted by Gasteiger charge is 2.34. The van der Waals surface area contributed by atoms with E-state index in [0.717, 1.165) is 24.7 Å². The number of thioether (sulfide) groups is 1. The van der Waals surface area contributed by atoms with E-state index < -0.39 is 11.7 Å². The zero-order valence-electron chi connectivity index (χ0n) is 12.3. The lowest BCUT2D eigenvalue weighted by Gasteiger charge is -2.12. The number of imidazole rings is 1. The molecule has 23 heavy (non-hydrogen) atoms. The van der Waals surface area contributed by atoms with Crippen LogP contribution in [0.25, 0.3) is 0 Å². The molecule has 124 valence electrons. The molecular formula is C15H15ClF3N3S. The van der Waals surface area contributed by atoms with Gasteiger partial charge in [-0.05, 0) is 24.6 Å². The van der Waals surface area contributed by atoms with Gasteiger partial charge in [0, 0.05) is 23.2 Å². The highest BCUT2D eigenvalue weighted by molar-refractivity contribution is 8.13. The van der Waals surface area contributed by atoms with Crippen molar-refractivity contribution in [3.63, 3.8) is 0 Å². The Morgan fingerprint density at radius 1 is 1.39 bits per heavy atom. The molecule has 0 N–H and O–H groups in total. The van der Waals surface area contributed by atoms with E-state index in [4.69, 9.17) is 11.6 Å². The first-order chi connectivity index (χ1) is 10.9. The van der Waals surface area contributed by atoms with Crippen molar-refractivity contribution in [2.24, 2.45) is 4.99 Å². The number of alkyl halides is 3. The van der Waals surface area contributed by atoms with E-state index in [9.17, 15) is 13.2 Å². The van der Waals surface area contributed by atoms with E-state index in [1.165, 1.54) is 30.2 Å². The average Bonchev–Trinajstić information content (AvgIpc) is 3.01. The second-order valence-electron chi connectivity index (χ2n) is 4.73. The molecule has 0 radical (unpaired) electrons. The van der Waals surface area contributed by atoms with Crippen molar-refractivity contribution in [1.29, 1.82) is 0 Å². The van der Waals surface area contributed by atoms with Crippen LogP contribution in [0.3, 0.4) is 0 Å². The summed E-state index contributed by atoms with van der Waals surface area (Å²) in [5, 5.41) is 0.475. The number of hydrogen-bond donors (Lipinski definition) is 0. The Kier molecular flexibility index (Phi) is 6.12. The van der Waals surface area contributed by atoms with Gasteiger partial charge >= 0.3 is 6.18 Å². The molecule has 1 aromatic heterocycles. The molecule has 0 unspecified atom stereocenters. The molecule has 0 spiro atoms. The van der Waals surface area contributed by atoms with Gasteiger partial charge in [-0.3, -0.25) is 4.57 Å². The standard InChI is InChI=1S/C15H15ClF3N3S/c1-2-3-8-23-14(22-7-6-20-10-22)21-13-5-4-11(16)9-12(13)15(17,18)19/h4-7,9-10H,2-3,8H2,1H3/b21-14+. The molecule has 0 aliphatic rings. The topological polar surface area (TPSA) is 30.2 Å². The minimum absolute atomic E-state index is 0.0269. The summed E-state index contributed by atoms with van der Waals surface area (Å²) < 4.78 is 41.1. The molecule has 3 nitrogen and oxygen atoms in total. The lowest BCUT2D eigenvalue weighted by atomic mass is 10.2. The molecule has 0 amide bonds. The Hall–Kier alpha value is -1.47. The molecule has 0 fully saturated rings. The molecule has 1 aromatic carbocycles. The smallest absolute Gasteiger partial charge is 0.285 e. The van der Waals surface area contributed by atoms with Crippen LogP contribution in [0.2, 0.25) is 5.02 Å². The first-order valence-electron chi connectivity index (χ1n) is 6.98. The average molecular weight is 362 g/mol. The van der Waals surface area contributed by atoms with E-state index in [1.54, 1.807) is 17.0 Å². The quantitative estimate of drug-likeness (QED) is 0.401. The number of aromatic nitrogens is 2. The van der Waals surface area contributed by atoms with Crippen molar-refractivity contribution in [2.45, 2.75) is 25.9 Å². The molecule has 0 atom stereocenters. The molecule has 0 aliphatic carbocycles. The van der Waals surface area contributed by atoms with Gasteiger partial charge in [-0.2, -0.15) is 13.2 Å². The van der Waals surface area contributed by atoms with Crippen molar-refractivity contribution < 1.29 is 13.2 Å². The monoisotopic (exact) mass is 361 g/mol.